The average molecular weight is 401 g/mol. The van der Waals surface area contributed by atoms with E-state index >= 15 is 0 Å². The van der Waals surface area contributed by atoms with Crippen molar-refractivity contribution < 1.29 is 13.2 Å². The topological polar surface area (TPSA) is 66.5 Å². The lowest BCUT2D eigenvalue weighted by molar-refractivity contribution is 0.0627. The highest BCUT2D eigenvalue weighted by Crippen LogP contribution is 2.32. The fourth-order valence-corrected chi connectivity index (χ4v) is 4.22. The molecule has 1 atom stereocenters. The third-order valence-electron chi connectivity index (χ3n) is 5.28. The summed E-state index contributed by atoms with van der Waals surface area (Å²) < 4.78 is 28.0. The Morgan fingerprint density at radius 3 is 2.36 bits per heavy atom. The molecule has 6 heteroatoms. The predicted octanol–water partition coefficient (Wildman–Crippen LogP) is 3.81. The first-order valence-corrected chi connectivity index (χ1v) is 11.2. The molecule has 0 radical (unpaired) electrons. The van der Waals surface area contributed by atoms with E-state index in [1.54, 1.807) is 12.1 Å². The Morgan fingerprint density at radius 1 is 1.07 bits per heavy atom. The van der Waals surface area contributed by atoms with Crippen LogP contribution in [0.1, 0.15) is 49.5 Å². The maximum Gasteiger partial charge on any atom is 0.254 e. The van der Waals surface area contributed by atoms with Crippen molar-refractivity contribution in [1.82, 2.24) is 9.62 Å². The van der Waals surface area contributed by atoms with Crippen molar-refractivity contribution in [3.63, 3.8) is 0 Å². The number of amides is 1. The monoisotopic (exact) mass is 400 g/mol. The summed E-state index contributed by atoms with van der Waals surface area (Å²) in [5, 5.41) is 0. The molecule has 0 spiro atoms. The lowest BCUT2D eigenvalue weighted by atomic mass is 10.0. The van der Waals surface area contributed by atoms with E-state index in [0.29, 0.717) is 11.5 Å². The number of nitrogens with zero attached hydrogens (tertiary/aromatic N) is 1. The lowest BCUT2D eigenvalue weighted by Crippen LogP contribution is -2.43. The molecule has 1 saturated carbocycles. The highest BCUT2D eigenvalue weighted by Gasteiger charge is 2.37. The lowest BCUT2D eigenvalue weighted by Gasteiger charge is -2.32. The predicted molar refractivity (Wildman–Crippen MR) is 110 cm³/mol. The van der Waals surface area contributed by atoms with Crippen molar-refractivity contribution in [2.75, 3.05) is 0 Å². The Labute approximate surface area is 167 Å². The Hall–Kier alpha value is -2.18. The number of hydrogen-bond donors (Lipinski definition) is 1. The SMILES string of the molecule is CC(C)C(C)N(C(=O)c1cccc(S(=O)(=O)NCc2ccccc2)c1)C1CC1. The molecule has 1 N–H and O–H groups in total. The molecule has 1 aliphatic rings. The fourth-order valence-electron chi connectivity index (χ4n) is 3.16. The minimum absolute atomic E-state index is 0.0937. The van der Waals surface area contributed by atoms with Gasteiger partial charge < -0.3 is 4.90 Å². The summed E-state index contributed by atoms with van der Waals surface area (Å²) in [5.74, 6) is 0.243. The molecule has 2 aromatic rings. The highest BCUT2D eigenvalue weighted by molar-refractivity contribution is 7.89. The Morgan fingerprint density at radius 2 is 1.75 bits per heavy atom. The van der Waals surface area contributed by atoms with E-state index in [4.69, 9.17) is 0 Å². The van der Waals surface area contributed by atoms with Gasteiger partial charge >= 0.3 is 0 Å². The molecule has 1 fully saturated rings. The van der Waals surface area contributed by atoms with Gasteiger partial charge in [-0.15, -0.1) is 0 Å². The van der Waals surface area contributed by atoms with Crippen LogP contribution in [-0.4, -0.2) is 31.3 Å². The van der Waals surface area contributed by atoms with E-state index in [0.717, 1.165) is 18.4 Å². The van der Waals surface area contributed by atoms with Crippen LogP contribution in [0.4, 0.5) is 0 Å². The average Bonchev–Trinajstić information content (AvgIpc) is 3.52. The second-order valence-electron chi connectivity index (χ2n) is 7.77. The van der Waals surface area contributed by atoms with Gasteiger partial charge in [-0.25, -0.2) is 13.1 Å². The first kappa shape index (κ1) is 20.6. The van der Waals surface area contributed by atoms with Crippen molar-refractivity contribution in [2.24, 2.45) is 5.92 Å². The van der Waals surface area contributed by atoms with E-state index < -0.39 is 10.0 Å². The molecule has 5 nitrogen and oxygen atoms in total. The van der Waals surface area contributed by atoms with Crippen LogP contribution < -0.4 is 4.72 Å². The number of nitrogens with one attached hydrogen (secondary N) is 1. The summed E-state index contributed by atoms with van der Waals surface area (Å²) in [6.45, 7) is 6.46. The number of benzene rings is 2. The van der Waals surface area contributed by atoms with E-state index in [9.17, 15) is 13.2 Å². The first-order valence-electron chi connectivity index (χ1n) is 9.76. The molecule has 2 aromatic carbocycles. The zero-order chi connectivity index (χ0) is 20.3. The van der Waals surface area contributed by atoms with Gasteiger partial charge in [-0.3, -0.25) is 4.79 Å². The molecule has 0 bridgehead atoms. The van der Waals surface area contributed by atoms with E-state index in [1.165, 1.54) is 12.1 Å². The van der Waals surface area contributed by atoms with E-state index in [2.05, 4.69) is 25.5 Å². The summed E-state index contributed by atoms with van der Waals surface area (Å²) in [6, 6.07) is 16.1. The van der Waals surface area contributed by atoms with Gasteiger partial charge in [-0.1, -0.05) is 50.2 Å². The fraction of sp³-hybridized carbons (Fsp3) is 0.409. The molecule has 1 amide bonds. The Kier molecular flexibility index (Phi) is 6.20. The molecule has 1 aliphatic carbocycles. The zero-order valence-corrected chi connectivity index (χ0v) is 17.4. The zero-order valence-electron chi connectivity index (χ0n) is 16.6. The quantitative estimate of drug-likeness (QED) is 0.733. The van der Waals surface area contributed by atoms with Crippen molar-refractivity contribution in [2.45, 2.75) is 57.1 Å². The Bertz CT molecular complexity index is 922. The van der Waals surface area contributed by atoms with Gasteiger partial charge in [0.15, 0.2) is 0 Å². The van der Waals surface area contributed by atoms with Crippen LogP contribution in [-0.2, 0) is 16.6 Å². The maximum atomic E-state index is 13.1. The van der Waals surface area contributed by atoms with Gasteiger partial charge in [0.25, 0.3) is 5.91 Å². The number of rotatable bonds is 8. The molecule has 1 unspecified atom stereocenters. The van der Waals surface area contributed by atoms with Crippen molar-refractivity contribution in [3.8, 4) is 0 Å². The molecular formula is C22H28N2O3S. The second-order valence-corrected chi connectivity index (χ2v) is 9.53. The molecule has 150 valence electrons. The van der Waals surface area contributed by atoms with Gasteiger partial charge in [-0.2, -0.15) is 0 Å². The summed E-state index contributed by atoms with van der Waals surface area (Å²) in [4.78, 5) is 15.2. The van der Waals surface area contributed by atoms with Crippen LogP contribution in [0.5, 0.6) is 0 Å². The summed E-state index contributed by atoms with van der Waals surface area (Å²) in [7, 11) is -3.70. The molecule has 0 saturated heterocycles. The number of sulfonamides is 1. The summed E-state index contributed by atoms with van der Waals surface area (Å²) in [5.41, 5.74) is 1.30. The van der Waals surface area contributed by atoms with Crippen molar-refractivity contribution in [3.05, 3.63) is 65.7 Å². The molecular weight excluding hydrogens is 372 g/mol. The highest BCUT2D eigenvalue weighted by atomic mass is 32.2. The van der Waals surface area contributed by atoms with Crippen molar-refractivity contribution >= 4 is 15.9 Å². The minimum Gasteiger partial charge on any atom is -0.333 e. The van der Waals surface area contributed by atoms with Gasteiger partial charge in [0.1, 0.15) is 0 Å². The maximum absolute atomic E-state index is 13.1. The van der Waals surface area contributed by atoms with Gasteiger partial charge in [0, 0.05) is 24.2 Å². The summed E-state index contributed by atoms with van der Waals surface area (Å²) in [6.07, 6.45) is 2.03. The molecule has 0 aliphatic heterocycles. The number of carbonyl (C=O) groups excluding carboxylic acids is 1. The smallest absolute Gasteiger partial charge is 0.254 e. The first-order chi connectivity index (χ1) is 13.3. The minimum atomic E-state index is -3.70. The van der Waals surface area contributed by atoms with Crippen LogP contribution in [0.3, 0.4) is 0 Å². The van der Waals surface area contributed by atoms with Crippen LogP contribution in [0, 0.1) is 5.92 Å². The van der Waals surface area contributed by atoms with Crippen molar-refractivity contribution in [1.29, 1.82) is 0 Å². The molecule has 3 rings (SSSR count). The second kappa shape index (κ2) is 8.45. The van der Waals surface area contributed by atoms with Crippen LogP contribution >= 0.6 is 0 Å². The summed E-state index contributed by atoms with van der Waals surface area (Å²) >= 11 is 0. The molecule has 0 heterocycles. The molecule has 28 heavy (non-hydrogen) atoms. The van der Waals surface area contributed by atoms with Crippen LogP contribution in [0.25, 0.3) is 0 Å². The van der Waals surface area contributed by atoms with Crippen LogP contribution in [0.2, 0.25) is 0 Å². The van der Waals surface area contributed by atoms with E-state index in [1.807, 2.05) is 35.2 Å². The van der Waals surface area contributed by atoms with Gasteiger partial charge in [0.2, 0.25) is 10.0 Å². The third-order valence-corrected chi connectivity index (χ3v) is 6.68. The standard InChI is InChI=1S/C22H28N2O3S/c1-16(2)17(3)24(20-12-13-20)22(25)19-10-7-11-21(14-19)28(26,27)23-15-18-8-5-4-6-9-18/h4-11,14,16-17,20,23H,12-13,15H2,1-3H3. The number of hydrogen-bond acceptors (Lipinski definition) is 3. The Balaban J connectivity index is 1.79. The number of carbonyl (C=O) groups is 1. The largest absolute Gasteiger partial charge is 0.333 e. The van der Waals surface area contributed by atoms with Gasteiger partial charge in [0.05, 0.1) is 4.90 Å². The third kappa shape index (κ3) is 4.80. The normalized spacial score (nSPS) is 15.4. The molecule has 0 aromatic heterocycles. The van der Waals surface area contributed by atoms with Gasteiger partial charge in [-0.05, 0) is 49.4 Å². The van der Waals surface area contributed by atoms with Crippen LogP contribution in [0.15, 0.2) is 59.5 Å². The van der Waals surface area contributed by atoms with E-state index in [-0.39, 0.29) is 29.4 Å².